The van der Waals surface area contributed by atoms with Gasteiger partial charge in [0.05, 0.1) is 0 Å². The van der Waals surface area contributed by atoms with Crippen LogP contribution in [0, 0.1) is 0 Å². The Balaban J connectivity index is 1.84. The van der Waals surface area contributed by atoms with E-state index in [1.807, 2.05) is 43.3 Å². The molecule has 0 bridgehead atoms. The third-order valence-electron chi connectivity index (χ3n) is 3.32. The van der Waals surface area contributed by atoms with Gasteiger partial charge in [-0.2, -0.15) is 0 Å². The van der Waals surface area contributed by atoms with Crippen LogP contribution in [0.2, 0.25) is 5.02 Å². The fourth-order valence-corrected chi connectivity index (χ4v) is 2.28. The SMILES string of the molecule is CN(C)CCNC(=O)c1ccnc(NCCc2cccc(Cl)c2)n1. The zero-order valence-corrected chi connectivity index (χ0v) is 14.7. The van der Waals surface area contributed by atoms with Crippen molar-refractivity contribution in [3.05, 3.63) is 52.8 Å². The van der Waals surface area contributed by atoms with Crippen molar-refractivity contribution in [2.24, 2.45) is 0 Å². The number of nitrogens with zero attached hydrogens (tertiary/aromatic N) is 3. The molecule has 0 radical (unpaired) electrons. The van der Waals surface area contributed by atoms with Gasteiger partial charge < -0.3 is 15.5 Å². The highest BCUT2D eigenvalue weighted by Crippen LogP contribution is 2.11. The Labute approximate surface area is 147 Å². The van der Waals surface area contributed by atoms with E-state index in [1.54, 1.807) is 12.3 Å². The minimum absolute atomic E-state index is 0.197. The Morgan fingerprint density at radius 3 is 2.83 bits per heavy atom. The highest BCUT2D eigenvalue weighted by molar-refractivity contribution is 6.30. The molecule has 0 spiro atoms. The number of hydrogen-bond acceptors (Lipinski definition) is 5. The summed E-state index contributed by atoms with van der Waals surface area (Å²) in [7, 11) is 3.91. The first-order chi connectivity index (χ1) is 11.5. The number of rotatable bonds is 8. The van der Waals surface area contributed by atoms with E-state index >= 15 is 0 Å². The van der Waals surface area contributed by atoms with Gasteiger partial charge in [-0.15, -0.1) is 0 Å². The molecule has 0 aliphatic heterocycles. The van der Waals surface area contributed by atoms with E-state index < -0.39 is 0 Å². The van der Waals surface area contributed by atoms with Gasteiger partial charge in [0.25, 0.3) is 5.91 Å². The van der Waals surface area contributed by atoms with Crippen LogP contribution < -0.4 is 10.6 Å². The summed E-state index contributed by atoms with van der Waals surface area (Å²) in [5.74, 6) is 0.245. The molecule has 0 saturated carbocycles. The summed E-state index contributed by atoms with van der Waals surface area (Å²) in [6.45, 7) is 2.01. The van der Waals surface area contributed by atoms with Crippen LogP contribution in [0.15, 0.2) is 36.5 Å². The minimum atomic E-state index is -0.197. The van der Waals surface area contributed by atoms with E-state index in [0.717, 1.165) is 23.6 Å². The van der Waals surface area contributed by atoms with E-state index in [2.05, 4.69) is 20.6 Å². The second-order valence-corrected chi connectivity index (χ2v) is 6.07. The van der Waals surface area contributed by atoms with Crippen molar-refractivity contribution in [3.8, 4) is 0 Å². The third kappa shape index (κ3) is 6.14. The molecule has 0 aliphatic rings. The van der Waals surface area contributed by atoms with Gasteiger partial charge in [-0.3, -0.25) is 4.79 Å². The average Bonchev–Trinajstić information content (AvgIpc) is 2.55. The highest BCUT2D eigenvalue weighted by atomic mass is 35.5. The fourth-order valence-electron chi connectivity index (χ4n) is 2.07. The van der Waals surface area contributed by atoms with Crippen LogP contribution in [0.1, 0.15) is 16.1 Å². The second kappa shape index (κ2) is 9.20. The lowest BCUT2D eigenvalue weighted by Crippen LogP contribution is -2.32. The first-order valence-corrected chi connectivity index (χ1v) is 8.16. The van der Waals surface area contributed by atoms with Crippen LogP contribution in [0.25, 0.3) is 0 Å². The van der Waals surface area contributed by atoms with E-state index in [9.17, 15) is 4.79 Å². The van der Waals surface area contributed by atoms with Gasteiger partial charge in [0, 0.05) is 30.9 Å². The molecular weight excluding hydrogens is 326 g/mol. The molecule has 7 heteroatoms. The number of carbonyl (C=O) groups is 1. The van der Waals surface area contributed by atoms with Crippen LogP contribution in [0.3, 0.4) is 0 Å². The summed E-state index contributed by atoms with van der Waals surface area (Å²) in [5, 5.41) is 6.68. The van der Waals surface area contributed by atoms with E-state index in [4.69, 9.17) is 11.6 Å². The molecule has 2 rings (SSSR count). The van der Waals surface area contributed by atoms with Crippen molar-refractivity contribution in [2.75, 3.05) is 39.0 Å². The Bertz CT molecular complexity index is 678. The zero-order chi connectivity index (χ0) is 17.4. The first-order valence-electron chi connectivity index (χ1n) is 7.79. The number of nitrogens with one attached hydrogen (secondary N) is 2. The summed E-state index contributed by atoms with van der Waals surface area (Å²) in [4.78, 5) is 22.4. The van der Waals surface area contributed by atoms with Gasteiger partial charge in [-0.1, -0.05) is 23.7 Å². The lowest BCUT2D eigenvalue weighted by Gasteiger charge is -2.10. The highest BCUT2D eigenvalue weighted by Gasteiger charge is 2.08. The Kier molecular flexibility index (Phi) is 6.96. The van der Waals surface area contributed by atoms with Gasteiger partial charge >= 0.3 is 0 Å². The predicted octanol–water partition coefficient (Wildman–Crippen LogP) is 2.08. The lowest BCUT2D eigenvalue weighted by atomic mass is 10.1. The van der Waals surface area contributed by atoms with Crippen LogP contribution in [-0.4, -0.2) is 54.5 Å². The van der Waals surface area contributed by atoms with Crippen molar-refractivity contribution in [3.63, 3.8) is 0 Å². The number of anilines is 1. The maximum absolute atomic E-state index is 12.0. The van der Waals surface area contributed by atoms with E-state index in [-0.39, 0.29) is 5.91 Å². The maximum atomic E-state index is 12.0. The number of aromatic nitrogens is 2. The van der Waals surface area contributed by atoms with Gasteiger partial charge in [0.15, 0.2) is 0 Å². The molecule has 2 N–H and O–H groups in total. The molecule has 1 aromatic heterocycles. The maximum Gasteiger partial charge on any atom is 0.270 e. The number of carbonyl (C=O) groups excluding carboxylic acids is 1. The fraction of sp³-hybridized carbons (Fsp3) is 0.353. The standard InChI is InChI=1S/C17H22ClN5O/c1-23(2)11-10-19-16(24)15-7-9-21-17(22-15)20-8-6-13-4-3-5-14(18)12-13/h3-5,7,9,12H,6,8,10-11H2,1-2H3,(H,19,24)(H,20,21,22). The summed E-state index contributed by atoms with van der Waals surface area (Å²) >= 11 is 5.96. The van der Waals surface area contributed by atoms with Crippen molar-refractivity contribution in [1.82, 2.24) is 20.2 Å². The van der Waals surface area contributed by atoms with Crippen molar-refractivity contribution >= 4 is 23.5 Å². The summed E-state index contributed by atoms with van der Waals surface area (Å²) < 4.78 is 0. The number of hydrogen-bond donors (Lipinski definition) is 2. The Morgan fingerprint density at radius 2 is 2.08 bits per heavy atom. The molecule has 6 nitrogen and oxygen atoms in total. The largest absolute Gasteiger partial charge is 0.354 e. The summed E-state index contributed by atoms with van der Waals surface area (Å²) in [6, 6.07) is 9.32. The van der Waals surface area contributed by atoms with Crippen LogP contribution in [-0.2, 0) is 6.42 Å². The molecule has 2 aromatic rings. The predicted molar refractivity (Wildman–Crippen MR) is 96.6 cm³/mol. The molecule has 0 atom stereocenters. The monoisotopic (exact) mass is 347 g/mol. The molecule has 128 valence electrons. The minimum Gasteiger partial charge on any atom is -0.354 e. The van der Waals surface area contributed by atoms with Crippen molar-refractivity contribution in [2.45, 2.75) is 6.42 Å². The third-order valence-corrected chi connectivity index (χ3v) is 3.55. The number of benzene rings is 1. The van der Waals surface area contributed by atoms with E-state index in [1.165, 1.54) is 0 Å². The number of amides is 1. The molecule has 0 unspecified atom stereocenters. The van der Waals surface area contributed by atoms with Gasteiger partial charge in [-0.05, 0) is 44.3 Å². The van der Waals surface area contributed by atoms with Gasteiger partial charge in [0.1, 0.15) is 5.69 Å². The topological polar surface area (TPSA) is 70.2 Å². The molecule has 24 heavy (non-hydrogen) atoms. The quantitative estimate of drug-likeness (QED) is 0.765. The smallest absolute Gasteiger partial charge is 0.270 e. The van der Waals surface area contributed by atoms with Gasteiger partial charge in [0.2, 0.25) is 5.95 Å². The Morgan fingerprint density at radius 1 is 1.25 bits per heavy atom. The molecule has 0 fully saturated rings. The molecule has 1 amide bonds. The van der Waals surface area contributed by atoms with Crippen molar-refractivity contribution in [1.29, 1.82) is 0 Å². The van der Waals surface area contributed by atoms with Crippen LogP contribution in [0.4, 0.5) is 5.95 Å². The molecular formula is C17H22ClN5O. The number of halogens is 1. The zero-order valence-electron chi connectivity index (χ0n) is 13.9. The van der Waals surface area contributed by atoms with Crippen molar-refractivity contribution < 1.29 is 4.79 Å². The van der Waals surface area contributed by atoms with Crippen LogP contribution >= 0.6 is 11.6 Å². The Hall–Kier alpha value is -2.18. The normalized spacial score (nSPS) is 10.7. The molecule has 0 aliphatic carbocycles. The van der Waals surface area contributed by atoms with Crippen LogP contribution in [0.5, 0.6) is 0 Å². The lowest BCUT2D eigenvalue weighted by molar-refractivity contribution is 0.0946. The number of likely N-dealkylation sites (N-methyl/N-ethyl adjacent to an activating group) is 1. The second-order valence-electron chi connectivity index (χ2n) is 5.63. The first kappa shape index (κ1) is 18.2. The van der Waals surface area contributed by atoms with E-state index in [0.29, 0.717) is 24.7 Å². The average molecular weight is 348 g/mol. The molecule has 1 aromatic carbocycles. The molecule has 0 saturated heterocycles. The van der Waals surface area contributed by atoms with Gasteiger partial charge in [-0.25, -0.2) is 9.97 Å². The summed E-state index contributed by atoms with van der Waals surface area (Å²) in [6.07, 6.45) is 2.37. The summed E-state index contributed by atoms with van der Waals surface area (Å²) in [5.41, 5.74) is 1.49. The molecule has 1 heterocycles.